The van der Waals surface area contributed by atoms with Gasteiger partial charge in [0.05, 0.1) is 12.2 Å². The molecule has 0 aliphatic heterocycles. The summed E-state index contributed by atoms with van der Waals surface area (Å²) in [4.78, 5) is 0. The lowest BCUT2D eigenvalue weighted by Crippen LogP contribution is -2.12. The van der Waals surface area contributed by atoms with Gasteiger partial charge in [0.15, 0.2) is 5.16 Å². The van der Waals surface area contributed by atoms with E-state index in [4.69, 9.17) is 10.3 Å². The molecule has 2 rings (SSSR count). The van der Waals surface area contributed by atoms with Crippen LogP contribution in [0.25, 0.3) is 0 Å². The van der Waals surface area contributed by atoms with Crippen LogP contribution in [0.15, 0.2) is 15.7 Å². The van der Waals surface area contributed by atoms with Crippen molar-refractivity contribution in [2.24, 2.45) is 11.7 Å². The fourth-order valence-corrected chi connectivity index (χ4v) is 2.78. The van der Waals surface area contributed by atoms with Crippen molar-refractivity contribution in [3.05, 3.63) is 23.3 Å². The smallest absolute Gasteiger partial charge is 0.191 e. The van der Waals surface area contributed by atoms with Gasteiger partial charge in [0, 0.05) is 24.3 Å². The summed E-state index contributed by atoms with van der Waals surface area (Å²) < 4.78 is 7.41. The Morgan fingerprint density at radius 3 is 2.62 bits per heavy atom. The van der Waals surface area contributed by atoms with E-state index >= 15 is 0 Å². The maximum Gasteiger partial charge on any atom is 0.191 e. The maximum atomic E-state index is 5.72. The number of hydrogen-bond acceptors (Lipinski definition) is 6. The molecule has 2 aromatic heterocycles. The number of aromatic nitrogens is 4. The largest absolute Gasteiger partial charge is 0.361 e. The molecule has 2 aromatic rings. The monoisotopic (exact) mass is 309 g/mol. The van der Waals surface area contributed by atoms with Gasteiger partial charge in [-0.3, -0.25) is 0 Å². The van der Waals surface area contributed by atoms with Gasteiger partial charge in [-0.2, -0.15) is 0 Å². The molecule has 0 aliphatic rings. The van der Waals surface area contributed by atoms with Crippen LogP contribution in [0.4, 0.5) is 0 Å². The van der Waals surface area contributed by atoms with E-state index in [2.05, 4.69) is 47.6 Å². The molecule has 116 valence electrons. The highest BCUT2D eigenvalue weighted by atomic mass is 32.2. The van der Waals surface area contributed by atoms with Crippen LogP contribution in [0.1, 0.15) is 50.9 Å². The summed E-state index contributed by atoms with van der Waals surface area (Å²) in [6.45, 7) is 9.79. The fraction of sp³-hybridized carbons (Fsp3) is 0.643. The van der Waals surface area contributed by atoms with Gasteiger partial charge in [-0.05, 0) is 5.92 Å². The first-order valence-corrected chi connectivity index (χ1v) is 8.20. The SMILES string of the molecule is CC(C)Cn1c(CN)nnc1SCc1cc(C(C)C)on1. The summed E-state index contributed by atoms with van der Waals surface area (Å²) in [5, 5.41) is 13.4. The van der Waals surface area contributed by atoms with E-state index in [9.17, 15) is 0 Å². The fourth-order valence-electron chi connectivity index (χ4n) is 1.93. The van der Waals surface area contributed by atoms with Crippen molar-refractivity contribution in [3.63, 3.8) is 0 Å². The van der Waals surface area contributed by atoms with Crippen molar-refractivity contribution in [3.8, 4) is 0 Å². The molecule has 0 aliphatic carbocycles. The Kier molecular flexibility index (Phi) is 5.41. The number of hydrogen-bond donors (Lipinski definition) is 1. The lowest BCUT2D eigenvalue weighted by Gasteiger charge is -2.11. The molecule has 0 spiro atoms. The van der Waals surface area contributed by atoms with Gasteiger partial charge in [0.25, 0.3) is 0 Å². The second kappa shape index (κ2) is 7.09. The normalized spacial score (nSPS) is 11.8. The first-order chi connectivity index (χ1) is 10.0. The molecule has 0 radical (unpaired) electrons. The molecule has 0 saturated carbocycles. The minimum atomic E-state index is 0.352. The first-order valence-electron chi connectivity index (χ1n) is 7.21. The molecular formula is C14H23N5OS. The third-order valence-electron chi connectivity index (χ3n) is 3.02. The van der Waals surface area contributed by atoms with Gasteiger partial charge in [0.2, 0.25) is 0 Å². The van der Waals surface area contributed by atoms with Crippen LogP contribution in [-0.2, 0) is 18.8 Å². The van der Waals surface area contributed by atoms with E-state index in [-0.39, 0.29) is 0 Å². The van der Waals surface area contributed by atoms with E-state index in [1.54, 1.807) is 11.8 Å². The van der Waals surface area contributed by atoms with Crippen LogP contribution in [0.5, 0.6) is 0 Å². The second-order valence-corrected chi connectivity index (χ2v) is 6.71. The van der Waals surface area contributed by atoms with Crippen LogP contribution >= 0.6 is 11.8 Å². The van der Waals surface area contributed by atoms with Crippen LogP contribution in [0.2, 0.25) is 0 Å². The summed E-state index contributed by atoms with van der Waals surface area (Å²) in [5.74, 6) is 3.33. The number of rotatable bonds is 7. The van der Waals surface area contributed by atoms with Crippen LogP contribution in [0, 0.1) is 5.92 Å². The van der Waals surface area contributed by atoms with E-state index in [1.807, 2.05) is 6.07 Å². The van der Waals surface area contributed by atoms with Gasteiger partial charge >= 0.3 is 0 Å². The third-order valence-corrected chi connectivity index (χ3v) is 4.02. The van der Waals surface area contributed by atoms with Gasteiger partial charge in [-0.15, -0.1) is 10.2 Å². The molecule has 2 heterocycles. The van der Waals surface area contributed by atoms with Crippen LogP contribution in [-0.4, -0.2) is 19.9 Å². The number of nitrogens with two attached hydrogens (primary N) is 1. The van der Waals surface area contributed by atoms with Crippen LogP contribution < -0.4 is 5.73 Å². The van der Waals surface area contributed by atoms with Crippen molar-refractivity contribution in [2.75, 3.05) is 0 Å². The third kappa shape index (κ3) is 4.07. The molecule has 0 amide bonds. The molecule has 0 fully saturated rings. The lowest BCUT2D eigenvalue weighted by atomic mass is 10.1. The van der Waals surface area contributed by atoms with Gasteiger partial charge in [-0.1, -0.05) is 44.6 Å². The van der Waals surface area contributed by atoms with E-state index in [0.717, 1.165) is 34.7 Å². The highest BCUT2D eigenvalue weighted by molar-refractivity contribution is 7.98. The minimum Gasteiger partial charge on any atom is -0.361 e. The Labute approximate surface area is 129 Å². The molecule has 0 atom stereocenters. The molecule has 2 N–H and O–H groups in total. The summed E-state index contributed by atoms with van der Waals surface area (Å²) in [6, 6.07) is 2.00. The Hall–Kier alpha value is -1.34. The van der Waals surface area contributed by atoms with Gasteiger partial charge in [-0.25, -0.2) is 0 Å². The number of nitrogens with zero attached hydrogens (tertiary/aromatic N) is 4. The lowest BCUT2D eigenvalue weighted by molar-refractivity contribution is 0.367. The quantitative estimate of drug-likeness (QED) is 0.792. The summed E-state index contributed by atoms with van der Waals surface area (Å²) in [7, 11) is 0. The Balaban J connectivity index is 2.06. The molecule has 7 heteroatoms. The van der Waals surface area contributed by atoms with Gasteiger partial charge < -0.3 is 14.8 Å². The first kappa shape index (κ1) is 16.0. The number of thioether (sulfide) groups is 1. The minimum absolute atomic E-state index is 0.352. The topological polar surface area (TPSA) is 82.8 Å². The van der Waals surface area contributed by atoms with Crippen molar-refractivity contribution >= 4 is 11.8 Å². The Morgan fingerprint density at radius 2 is 2.05 bits per heavy atom. The molecule has 0 saturated heterocycles. The van der Waals surface area contributed by atoms with Crippen molar-refractivity contribution < 1.29 is 4.52 Å². The average molecular weight is 309 g/mol. The summed E-state index contributed by atoms with van der Waals surface area (Å²) in [6.07, 6.45) is 0. The van der Waals surface area contributed by atoms with Crippen molar-refractivity contribution in [1.29, 1.82) is 0 Å². The highest BCUT2D eigenvalue weighted by Gasteiger charge is 2.14. The average Bonchev–Trinajstić information content (AvgIpc) is 3.02. The van der Waals surface area contributed by atoms with Crippen molar-refractivity contribution in [2.45, 2.75) is 57.6 Å². The molecule has 6 nitrogen and oxygen atoms in total. The zero-order valence-electron chi connectivity index (χ0n) is 13.0. The summed E-state index contributed by atoms with van der Waals surface area (Å²) in [5.41, 5.74) is 6.65. The van der Waals surface area contributed by atoms with Gasteiger partial charge in [0.1, 0.15) is 11.6 Å². The standard InChI is InChI=1S/C14H23N5OS/c1-9(2)7-19-13(6-15)16-17-14(19)21-8-11-5-12(10(3)4)20-18-11/h5,9-10H,6-8,15H2,1-4H3. The Morgan fingerprint density at radius 1 is 1.29 bits per heavy atom. The molecule has 21 heavy (non-hydrogen) atoms. The Bertz CT molecular complexity index is 576. The zero-order chi connectivity index (χ0) is 15.4. The van der Waals surface area contributed by atoms with Crippen molar-refractivity contribution in [1.82, 2.24) is 19.9 Å². The molecule has 0 aromatic carbocycles. The molecular weight excluding hydrogens is 286 g/mol. The maximum absolute atomic E-state index is 5.72. The molecule has 0 unspecified atom stereocenters. The predicted molar refractivity (Wildman–Crippen MR) is 82.9 cm³/mol. The van der Waals surface area contributed by atoms with E-state index < -0.39 is 0 Å². The molecule has 0 bridgehead atoms. The van der Waals surface area contributed by atoms with E-state index in [1.165, 1.54) is 0 Å². The second-order valence-electron chi connectivity index (χ2n) is 5.77. The van der Waals surface area contributed by atoms with E-state index in [0.29, 0.717) is 18.4 Å². The predicted octanol–water partition coefficient (Wildman–Crippen LogP) is 2.80. The highest BCUT2D eigenvalue weighted by Crippen LogP contribution is 2.24. The van der Waals surface area contributed by atoms with Crippen LogP contribution in [0.3, 0.4) is 0 Å². The zero-order valence-corrected chi connectivity index (χ0v) is 13.9. The summed E-state index contributed by atoms with van der Waals surface area (Å²) >= 11 is 1.61.